The summed E-state index contributed by atoms with van der Waals surface area (Å²) in [7, 11) is 0. The van der Waals surface area contributed by atoms with Gasteiger partial charge in [0.15, 0.2) is 0 Å². The number of nitrogens with zero attached hydrogens (tertiary/aromatic N) is 3. The third-order valence-corrected chi connectivity index (χ3v) is 4.20. The quantitative estimate of drug-likeness (QED) is 0.922. The molecular formula is C16H21ClN4. The minimum absolute atomic E-state index is 0.522. The van der Waals surface area contributed by atoms with Crippen molar-refractivity contribution in [1.82, 2.24) is 15.1 Å². The molecule has 3 rings (SSSR count). The zero-order valence-electron chi connectivity index (χ0n) is 12.3. The van der Waals surface area contributed by atoms with Crippen LogP contribution in [-0.4, -0.2) is 28.9 Å². The Labute approximate surface area is 130 Å². The Morgan fingerprint density at radius 2 is 2.33 bits per heavy atom. The standard InChI is InChI=1S/C16H21ClN4/c1-2-21-11-13(10-19-21)9-18-15-6-7-20(12-15)16-5-3-4-14(17)8-16/h3-5,8,10-11,15,18H,2,6-7,9,12H2,1H3/t15-/m0/s1. The molecule has 0 saturated carbocycles. The minimum atomic E-state index is 0.522. The van der Waals surface area contributed by atoms with Gasteiger partial charge in [0.05, 0.1) is 6.20 Å². The van der Waals surface area contributed by atoms with Crippen molar-refractivity contribution in [3.8, 4) is 0 Å². The topological polar surface area (TPSA) is 33.1 Å². The van der Waals surface area contributed by atoms with E-state index in [9.17, 15) is 0 Å². The summed E-state index contributed by atoms with van der Waals surface area (Å²) in [5.41, 5.74) is 2.46. The van der Waals surface area contributed by atoms with Gasteiger partial charge in [-0.1, -0.05) is 17.7 Å². The van der Waals surface area contributed by atoms with Crippen LogP contribution in [0.15, 0.2) is 36.7 Å². The second-order valence-corrected chi connectivity index (χ2v) is 5.93. The van der Waals surface area contributed by atoms with Crippen LogP contribution in [0.4, 0.5) is 5.69 Å². The second-order valence-electron chi connectivity index (χ2n) is 5.50. The smallest absolute Gasteiger partial charge is 0.0534 e. The van der Waals surface area contributed by atoms with Gasteiger partial charge in [0.2, 0.25) is 0 Å². The molecule has 2 heterocycles. The van der Waals surface area contributed by atoms with Crippen LogP contribution in [0.25, 0.3) is 0 Å². The maximum Gasteiger partial charge on any atom is 0.0534 e. The van der Waals surface area contributed by atoms with Crippen LogP contribution < -0.4 is 10.2 Å². The fourth-order valence-corrected chi connectivity index (χ4v) is 2.95. The summed E-state index contributed by atoms with van der Waals surface area (Å²) in [4.78, 5) is 2.39. The Bertz CT molecular complexity index is 595. The molecule has 21 heavy (non-hydrogen) atoms. The van der Waals surface area contributed by atoms with E-state index in [2.05, 4.69) is 34.5 Å². The first-order chi connectivity index (χ1) is 10.2. The molecule has 0 amide bonds. The van der Waals surface area contributed by atoms with E-state index in [1.54, 1.807) is 0 Å². The highest BCUT2D eigenvalue weighted by Gasteiger charge is 2.22. The molecule has 0 unspecified atom stereocenters. The van der Waals surface area contributed by atoms with Crippen LogP contribution in [0, 0.1) is 0 Å². The predicted octanol–water partition coefficient (Wildman–Crippen LogP) is 2.92. The van der Waals surface area contributed by atoms with E-state index in [0.29, 0.717) is 6.04 Å². The minimum Gasteiger partial charge on any atom is -0.370 e. The van der Waals surface area contributed by atoms with Crippen molar-refractivity contribution in [2.24, 2.45) is 0 Å². The van der Waals surface area contributed by atoms with Gasteiger partial charge in [0.25, 0.3) is 0 Å². The highest BCUT2D eigenvalue weighted by molar-refractivity contribution is 6.30. The van der Waals surface area contributed by atoms with E-state index in [4.69, 9.17) is 11.6 Å². The summed E-state index contributed by atoms with van der Waals surface area (Å²) < 4.78 is 1.96. The Balaban J connectivity index is 1.52. The first-order valence-electron chi connectivity index (χ1n) is 7.50. The van der Waals surface area contributed by atoms with Crippen molar-refractivity contribution in [1.29, 1.82) is 0 Å². The molecule has 1 aromatic heterocycles. The van der Waals surface area contributed by atoms with Gasteiger partial charge in [-0.15, -0.1) is 0 Å². The Kier molecular flexibility index (Phi) is 4.46. The molecule has 1 saturated heterocycles. The third kappa shape index (κ3) is 3.57. The van der Waals surface area contributed by atoms with Crippen molar-refractivity contribution in [2.75, 3.05) is 18.0 Å². The number of nitrogens with one attached hydrogen (secondary N) is 1. The molecular weight excluding hydrogens is 284 g/mol. The van der Waals surface area contributed by atoms with Gasteiger partial charge in [-0.2, -0.15) is 5.10 Å². The lowest BCUT2D eigenvalue weighted by Crippen LogP contribution is -2.32. The average molecular weight is 305 g/mol. The lowest BCUT2D eigenvalue weighted by Gasteiger charge is -2.19. The van der Waals surface area contributed by atoms with Gasteiger partial charge in [-0.3, -0.25) is 4.68 Å². The van der Waals surface area contributed by atoms with E-state index in [1.807, 2.05) is 29.1 Å². The number of benzene rings is 1. The zero-order chi connectivity index (χ0) is 14.7. The van der Waals surface area contributed by atoms with E-state index < -0.39 is 0 Å². The number of aromatic nitrogens is 2. The summed E-state index contributed by atoms with van der Waals surface area (Å²) in [6.45, 7) is 6.01. The molecule has 1 aliphatic heterocycles. The van der Waals surface area contributed by atoms with Crippen LogP contribution in [0.1, 0.15) is 18.9 Å². The molecule has 4 nitrogen and oxygen atoms in total. The fraction of sp³-hybridized carbons (Fsp3) is 0.438. The van der Waals surface area contributed by atoms with Crippen LogP contribution in [0.3, 0.4) is 0 Å². The molecule has 0 spiro atoms. The van der Waals surface area contributed by atoms with Gasteiger partial charge in [0.1, 0.15) is 0 Å². The monoisotopic (exact) mass is 304 g/mol. The number of hydrogen-bond donors (Lipinski definition) is 1. The summed E-state index contributed by atoms with van der Waals surface area (Å²) >= 11 is 6.07. The van der Waals surface area contributed by atoms with Crippen LogP contribution in [-0.2, 0) is 13.1 Å². The highest BCUT2D eigenvalue weighted by Crippen LogP contribution is 2.23. The Morgan fingerprint density at radius 3 is 3.10 bits per heavy atom. The lowest BCUT2D eigenvalue weighted by atomic mass is 10.2. The van der Waals surface area contributed by atoms with Crippen LogP contribution >= 0.6 is 11.6 Å². The normalized spacial score (nSPS) is 18.4. The number of anilines is 1. The van der Waals surface area contributed by atoms with Crippen molar-refractivity contribution < 1.29 is 0 Å². The van der Waals surface area contributed by atoms with Gasteiger partial charge in [-0.25, -0.2) is 0 Å². The van der Waals surface area contributed by atoms with Gasteiger partial charge >= 0.3 is 0 Å². The van der Waals surface area contributed by atoms with E-state index in [0.717, 1.165) is 37.6 Å². The van der Waals surface area contributed by atoms with Crippen molar-refractivity contribution in [3.63, 3.8) is 0 Å². The van der Waals surface area contributed by atoms with Crippen LogP contribution in [0.5, 0.6) is 0 Å². The number of halogens is 1. The Hall–Kier alpha value is -1.52. The maximum atomic E-state index is 6.07. The summed E-state index contributed by atoms with van der Waals surface area (Å²) in [6, 6.07) is 8.61. The summed E-state index contributed by atoms with van der Waals surface area (Å²) in [6.07, 6.45) is 5.21. The van der Waals surface area contributed by atoms with Gasteiger partial charge < -0.3 is 10.2 Å². The molecule has 5 heteroatoms. The third-order valence-electron chi connectivity index (χ3n) is 3.97. The molecule has 112 valence electrons. The van der Waals surface area contributed by atoms with Crippen LogP contribution in [0.2, 0.25) is 5.02 Å². The first kappa shape index (κ1) is 14.4. The van der Waals surface area contributed by atoms with Crippen molar-refractivity contribution in [3.05, 3.63) is 47.2 Å². The molecule has 2 aromatic rings. The van der Waals surface area contributed by atoms with E-state index in [1.165, 1.54) is 11.3 Å². The first-order valence-corrected chi connectivity index (χ1v) is 7.87. The summed E-state index contributed by atoms with van der Waals surface area (Å²) in [5, 5.41) is 8.73. The molecule has 1 aliphatic rings. The SMILES string of the molecule is CCn1cc(CN[C@H]2CCN(c3cccc(Cl)c3)C2)cn1. The molecule has 0 radical (unpaired) electrons. The maximum absolute atomic E-state index is 6.07. The van der Waals surface area contributed by atoms with Gasteiger partial charge in [-0.05, 0) is 31.5 Å². The van der Waals surface area contributed by atoms with E-state index >= 15 is 0 Å². The second kappa shape index (κ2) is 6.50. The average Bonchev–Trinajstić information content (AvgIpc) is 3.14. The van der Waals surface area contributed by atoms with Gasteiger partial charge in [0, 0.05) is 54.7 Å². The number of rotatable bonds is 5. The molecule has 1 atom stereocenters. The zero-order valence-corrected chi connectivity index (χ0v) is 13.1. The number of hydrogen-bond acceptors (Lipinski definition) is 3. The van der Waals surface area contributed by atoms with Crippen molar-refractivity contribution in [2.45, 2.75) is 32.5 Å². The Morgan fingerprint density at radius 1 is 1.43 bits per heavy atom. The fourth-order valence-electron chi connectivity index (χ4n) is 2.77. The van der Waals surface area contributed by atoms with E-state index in [-0.39, 0.29) is 0 Å². The molecule has 1 fully saturated rings. The molecule has 1 N–H and O–H groups in total. The molecule has 1 aromatic carbocycles. The predicted molar refractivity (Wildman–Crippen MR) is 86.8 cm³/mol. The molecule has 0 aliphatic carbocycles. The highest BCUT2D eigenvalue weighted by atomic mass is 35.5. The lowest BCUT2D eigenvalue weighted by molar-refractivity contribution is 0.551. The largest absolute Gasteiger partial charge is 0.370 e. The molecule has 0 bridgehead atoms. The summed E-state index contributed by atoms with van der Waals surface area (Å²) in [5.74, 6) is 0. The van der Waals surface area contributed by atoms with Crippen molar-refractivity contribution >= 4 is 17.3 Å². The number of aryl methyl sites for hydroxylation is 1.